The van der Waals surface area contributed by atoms with Crippen LogP contribution in [0.3, 0.4) is 0 Å². The Morgan fingerprint density at radius 2 is 1.89 bits per heavy atom. The molecule has 5 heteroatoms. The molecule has 0 aliphatic heterocycles. The molecule has 28 heavy (non-hydrogen) atoms. The molecule has 0 aliphatic rings. The predicted molar refractivity (Wildman–Crippen MR) is 114 cm³/mol. The number of amides is 1. The minimum atomic E-state index is -0.0678. The Morgan fingerprint density at radius 3 is 2.71 bits per heavy atom. The van der Waals surface area contributed by atoms with Crippen molar-refractivity contribution < 1.29 is 4.79 Å². The van der Waals surface area contributed by atoms with Gasteiger partial charge in [0, 0.05) is 22.8 Å². The van der Waals surface area contributed by atoms with Gasteiger partial charge in [0.1, 0.15) is 5.82 Å². The number of nitrogens with zero attached hydrogens (tertiary/aromatic N) is 1. The maximum atomic E-state index is 12.4. The van der Waals surface area contributed by atoms with E-state index in [4.69, 9.17) is 0 Å². The molecule has 0 spiro atoms. The number of aryl methyl sites for hydroxylation is 1. The van der Waals surface area contributed by atoms with Crippen LogP contribution in [0.4, 0.5) is 17.2 Å². The van der Waals surface area contributed by atoms with E-state index >= 15 is 0 Å². The highest BCUT2D eigenvalue weighted by atomic mass is 16.1. The van der Waals surface area contributed by atoms with E-state index in [0.717, 1.165) is 28.0 Å². The molecule has 0 bridgehead atoms. The second-order valence-electron chi connectivity index (χ2n) is 6.89. The largest absolute Gasteiger partial charge is 0.361 e. The molecule has 2 heterocycles. The Kier molecular flexibility index (Phi) is 4.81. The van der Waals surface area contributed by atoms with Crippen LogP contribution in [0.15, 0.2) is 67.0 Å². The molecule has 0 saturated carbocycles. The normalized spacial score (nSPS) is 10.8. The number of anilines is 3. The first-order valence-electron chi connectivity index (χ1n) is 9.24. The molecule has 0 atom stereocenters. The van der Waals surface area contributed by atoms with Gasteiger partial charge in [0.05, 0.1) is 18.3 Å². The Hall–Kier alpha value is -3.60. The summed E-state index contributed by atoms with van der Waals surface area (Å²) < 4.78 is 0. The maximum Gasteiger partial charge on any atom is 0.228 e. The highest BCUT2D eigenvalue weighted by Gasteiger charge is 2.09. The van der Waals surface area contributed by atoms with Crippen molar-refractivity contribution in [1.29, 1.82) is 0 Å². The first kappa shape index (κ1) is 17.8. The van der Waals surface area contributed by atoms with Crippen molar-refractivity contribution in [3.8, 4) is 0 Å². The Morgan fingerprint density at radius 1 is 1.04 bits per heavy atom. The number of carbonyl (C=O) groups excluding carboxylic acids is 1. The van der Waals surface area contributed by atoms with E-state index in [9.17, 15) is 4.79 Å². The van der Waals surface area contributed by atoms with Gasteiger partial charge in [0.25, 0.3) is 0 Å². The van der Waals surface area contributed by atoms with Gasteiger partial charge in [-0.25, -0.2) is 4.98 Å². The smallest absolute Gasteiger partial charge is 0.228 e. The highest BCUT2D eigenvalue weighted by molar-refractivity contribution is 5.95. The van der Waals surface area contributed by atoms with Gasteiger partial charge < -0.3 is 15.6 Å². The molecule has 0 radical (unpaired) electrons. The molecule has 0 saturated heterocycles. The van der Waals surface area contributed by atoms with Crippen LogP contribution in [0, 0.1) is 13.8 Å². The monoisotopic (exact) mass is 370 g/mol. The fraction of sp³-hybridized carbons (Fsp3) is 0.130. The van der Waals surface area contributed by atoms with E-state index in [0.29, 0.717) is 12.1 Å². The fourth-order valence-electron chi connectivity index (χ4n) is 3.22. The van der Waals surface area contributed by atoms with Crippen LogP contribution in [0.25, 0.3) is 10.9 Å². The average Bonchev–Trinajstić information content (AvgIpc) is 3.10. The van der Waals surface area contributed by atoms with Crippen molar-refractivity contribution in [3.63, 3.8) is 0 Å². The molecular weight excluding hydrogens is 348 g/mol. The van der Waals surface area contributed by atoms with Crippen LogP contribution in [-0.2, 0) is 11.2 Å². The minimum absolute atomic E-state index is 0.0678. The summed E-state index contributed by atoms with van der Waals surface area (Å²) in [5.74, 6) is 0.671. The number of fused-ring (bicyclic) bond motifs is 1. The zero-order chi connectivity index (χ0) is 19.5. The van der Waals surface area contributed by atoms with E-state index in [2.05, 4.69) is 40.5 Å². The van der Waals surface area contributed by atoms with E-state index in [1.807, 2.05) is 54.7 Å². The van der Waals surface area contributed by atoms with E-state index < -0.39 is 0 Å². The van der Waals surface area contributed by atoms with Gasteiger partial charge in [-0.05, 0) is 54.8 Å². The first-order valence-corrected chi connectivity index (χ1v) is 9.24. The third-order valence-electron chi connectivity index (χ3n) is 4.94. The standard InChI is InChI=1S/C23H22N4O/c1-15-6-5-9-20(16(15)2)27-22-11-10-18(14-25-22)26-23(28)12-17-13-24-21-8-4-3-7-19(17)21/h3-11,13-14,24H,12H2,1-2H3,(H,25,27)(H,26,28). The molecule has 4 aromatic rings. The number of pyridine rings is 1. The van der Waals surface area contributed by atoms with Gasteiger partial charge in [0.2, 0.25) is 5.91 Å². The summed E-state index contributed by atoms with van der Waals surface area (Å²) in [5.41, 5.74) is 6.15. The lowest BCUT2D eigenvalue weighted by molar-refractivity contribution is -0.115. The van der Waals surface area contributed by atoms with Gasteiger partial charge in [0.15, 0.2) is 0 Å². The first-order chi connectivity index (χ1) is 13.6. The number of nitrogens with one attached hydrogen (secondary N) is 3. The molecule has 3 N–H and O–H groups in total. The number of hydrogen-bond acceptors (Lipinski definition) is 3. The van der Waals surface area contributed by atoms with Crippen molar-refractivity contribution in [2.45, 2.75) is 20.3 Å². The van der Waals surface area contributed by atoms with Crippen LogP contribution in [0.5, 0.6) is 0 Å². The van der Waals surface area contributed by atoms with Gasteiger partial charge in [-0.3, -0.25) is 4.79 Å². The van der Waals surface area contributed by atoms with Crippen LogP contribution in [0.1, 0.15) is 16.7 Å². The van der Waals surface area contributed by atoms with Gasteiger partial charge in [-0.2, -0.15) is 0 Å². The molecule has 2 aromatic carbocycles. The number of para-hydroxylation sites is 1. The number of aromatic amines is 1. The molecule has 5 nitrogen and oxygen atoms in total. The molecule has 0 unspecified atom stereocenters. The molecule has 4 rings (SSSR count). The van der Waals surface area contributed by atoms with Crippen LogP contribution in [-0.4, -0.2) is 15.9 Å². The van der Waals surface area contributed by atoms with E-state index in [1.54, 1.807) is 6.20 Å². The summed E-state index contributed by atoms with van der Waals surface area (Å²) in [6.07, 6.45) is 3.87. The quantitative estimate of drug-likeness (QED) is 0.457. The number of aromatic nitrogens is 2. The summed E-state index contributed by atoms with van der Waals surface area (Å²) in [7, 11) is 0. The van der Waals surface area contributed by atoms with Crippen molar-refractivity contribution in [3.05, 3.63) is 83.7 Å². The summed E-state index contributed by atoms with van der Waals surface area (Å²) in [4.78, 5) is 20.0. The summed E-state index contributed by atoms with van der Waals surface area (Å²) >= 11 is 0. The third-order valence-corrected chi connectivity index (χ3v) is 4.94. The summed E-state index contributed by atoms with van der Waals surface area (Å²) in [5, 5.41) is 7.31. The Labute approximate surface area is 163 Å². The lowest BCUT2D eigenvalue weighted by atomic mass is 10.1. The number of hydrogen-bond donors (Lipinski definition) is 3. The lowest BCUT2D eigenvalue weighted by Crippen LogP contribution is -2.14. The lowest BCUT2D eigenvalue weighted by Gasteiger charge is -2.11. The maximum absolute atomic E-state index is 12.4. The summed E-state index contributed by atoms with van der Waals surface area (Å²) in [6, 6.07) is 17.8. The minimum Gasteiger partial charge on any atom is -0.361 e. The topological polar surface area (TPSA) is 69.8 Å². The number of benzene rings is 2. The molecule has 2 aromatic heterocycles. The second kappa shape index (κ2) is 7.56. The Balaban J connectivity index is 1.41. The molecule has 140 valence electrons. The van der Waals surface area contributed by atoms with Gasteiger partial charge in [-0.1, -0.05) is 30.3 Å². The molecule has 1 amide bonds. The van der Waals surface area contributed by atoms with Crippen molar-refractivity contribution in [2.24, 2.45) is 0 Å². The fourth-order valence-corrected chi connectivity index (χ4v) is 3.22. The van der Waals surface area contributed by atoms with E-state index in [1.165, 1.54) is 11.1 Å². The SMILES string of the molecule is Cc1cccc(Nc2ccc(NC(=O)Cc3c[nH]c4ccccc34)cn2)c1C. The third kappa shape index (κ3) is 3.74. The van der Waals surface area contributed by atoms with Gasteiger partial charge >= 0.3 is 0 Å². The molecule has 0 fully saturated rings. The van der Waals surface area contributed by atoms with Crippen LogP contribution >= 0.6 is 0 Å². The summed E-state index contributed by atoms with van der Waals surface area (Å²) in [6.45, 7) is 4.16. The number of H-pyrrole nitrogens is 1. The van der Waals surface area contributed by atoms with E-state index in [-0.39, 0.29) is 5.91 Å². The molecule has 0 aliphatic carbocycles. The second-order valence-corrected chi connectivity index (χ2v) is 6.89. The Bertz CT molecular complexity index is 1130. The zero-order valence-electron chi connectivity index (χ0n) is 15.9. The predicted octanol–water partition coefficient (Wildman–Crippen LogP) is 5.10. The van der Waals surface area contributed by atoms with Crippen molar-refractivity contribution in [2.75, 3.05) is 10.6 Å². The highest BCUT2D eigenvalue weighted by Crippen LogP contribution is 2.23. The average molecular weight is 370 g/mol. The van der Waals surface area contributed by atoms with Crippen molar-refractivity contribution in [1.82, 2.24) is 9.97 Å². The zero-order valence-corrected chi connectivity index (χ0v) is 15.9. The molecular formula is C23H22N4O. The number of rotatable bonds is 5. The van der Waals surface area contributed by atoms with Crippen LogP contribution in [0.2, 0.25) is 0 Å². The van der Waals surface area contributed by atoms with Crippen molar-refractivity contribution >= 4 is 34.0 Å². The van der Waals surface area contributed by atoms with Crippen LogP contribution < -0.4 is 10.6 Å². The van der Waals surface area contributed by atoms with Gasteiger partial charge in [-0.15, -0.1) is 0 Å². The number of carbonyl (C=O) groups is 1.